The Morgan fingerprint density at radius 1 is 1.20 bits per heavy atom. The first-order valence-electron chi connectivity index (χ1n) is 10.7. The van der Waals surface area contributed by atoms with E-state index in [1.165, 1.54) is 11.3 Å². The lowest BCUT2D eigenvalue weighted by atomic mass is 9.96. The minimum atomic E-state index is -0.183. The second-order valence-electron chi connectivity index (χ2n) is 9.74. The molecule has 0 unspecified atom stereocenters. The summed E-state index contributed by atoms with van der Waals surface area (Å²) in [6, 6.07) is 3.74. The van der Waals surface area contributed by atoms with Gasteiger partial charge in [0.1, 0.15) is 17.2 Å². The zero-order valence-electron chi connectivity index (χ0n) is 18.4. The molecule has 2 fully saturated rings. The average Bonchev–Trinajstić information content (AvgIpc) is 3.18. The van der Waals surface area contributed by atoms with Crippen LogP contribution in [0, 0.1) is 23.7 Å². The number of hydrogen-bond donors (Lipinski definition) is 1. The van der Waals surface area contributed by atoms with E-state index in [0.29, 0.717) is 24.1 Å². The summed E-state index contributed by atoms with van der Waals surface area (Å²) in [5, 5.41) is 5.68. The van der Waals surface area contributed by atoms with Gasteiger partial charge in [-0.25, -0.2) is 4.98 Å². The van der Waals surface area contributed by atoms with Crippen molar-refractivity contribution in [3.05, 3.63) is 39.7 Å². The van der Waals surface area contributed by atoms with Crippen molar-refractivity contribution >= 4 is 23.2 Å². The number of aromatic nitrogens is 1. The van der Waals surface area contributed by atoms with E-state index >= 15 is 0 Å². The summed E-state index contributed by atoms with van der Waals surface area (Å²) in [5.74, 6) is 2.11. The van der Waals surface area contributed by atoms with Crippen molar-refractivity contribution in [2.24, 2.45) is 16.7 Å². The lowest BCUT2D eigenvalue weighted by Gasteiger charge is -2.31. The van der Waals surface area contributed by atoms with Crippen LogP contribution in [0.2, 0.25) is 0 Å². The molecule has 0 bridgehead atoms. The van der Waals surface area contributed by atoms with Gasteiger partial charge in [0.25, 0.3) is 5.91 Å². The standard InChI is InChI=1S/C23H31N3O3S/c1-14-6-7-16(29-14)12-24-19(27)17-13-30-20(25-17)15-8-10-26(11-9-15)21(28)18-22(2,3)23(18,4)5/h6-7,13,15,18H,8-12H2,1-5H3,(H,24,27). The molecule has 7 heteroatoms. The Morgan fingerprint density at radius 3 is 2.43 bits per heavy atom. The van der Waals surface area contributed by atoms with Gasteiger partial charge in [-0.1, -0.05) is 27.7 Å². The van der Waals surface area contributed by atoms with Crippen molar-refractivity contribution in [3.63, 3.8) is 0 Å². The molecule has 2 aromatic rings. The normalized spacial score (nSPS) is 20.9. The van der Waals surface area contributed by atoms with Crippen LogP contribution in [0.4, 0.5) is 0 Å². The van der Waals surface area contributed by atoms with E-state index in [-0.39, 0.29) is 22.7 Å². The topological polar surface area (TPSA) is 75.4 Å². The van der Waals surface area contributed by atoms with Crippen LogP contribution in [-0.4, -0.2) is 34.8 Å². The number of nitrogens with one attached hydrogen (secondary N) is 1. The molecule has 3 heterocycles. The zero-order chi connectivity index (χ0) is 21.7. The second kappa shape index (κ2) is 7.52. The predicted molar refractivity (Wildman–Crippen MR) is 116 cm³/mol. The molecule has 0 radical (unpaired) electrons. The molecule has 0 spiro atoms. The molecule has 4 rings (SSSR count). The maximum atomic E-state index is 13.0. The van der Waals surface area contributed by atoms with Gasteiger partial charge in [0.15, 0.2) is 0 Å². The highest BCUT2D eigenvalue weighted by Crippen LogP contribution is 2.68. The predicted octanol–water partition coefficient (Wildman–Crippen LogP) is 4.36. The third-order valence-electron chi connectivity index (χ3n) is 7.40. The van der Waals surface area contributed by atoms with Gasteiger partial charge in [0, 0.05) is 30.3 Å². The number of thiazole rings is 1. The molecular weight excluding hydrogens is 398 g/mol. The fourth-order valence-electron chi connectivity index (χ4n) is 4.76. The molecule has 1 N–H and O–H groups in total. The van der Waals surface area contributed by atoms with Crippen molar-refractivity contribution in [3.8, 4) is 0 Å². The molecule has 30 heavy (non-hydrogen) atoms. The Bertz CT molecular complexity index is 937. The number of hydrogen-bond acceptors (Lipinski definition) is 5. The zero-order valence-corrected chi connectivity index (χ0v) is 19.3. The van der Waals surface area contributed by atoms with Gasteiger partial charge < -0.3 is 14.6 Å². The fourth-order valence-corrected chi connectivity index (χ4v) is 5.73. The van der Waals surface area contributed by atoms with Gasteiger partial charge in [0.2, 0.25) is 5.91 Å². The molecule has 2 aromatic heterocycles. The van der Waals surface area contributed by atoms with E-state index in [4.69, 9.17) is 4.42 Å². The Kier molecular flexibility index (Phi) is 5.29. The van der Waals surface area contributed by atoms with Crippen LogP contribution in [0.15, 0.2) is 21.9 Å². The van der Waals surface area contributed by atoms with E-state index in [2.05, 4.69) is 38.0 Å². The largest absolute Gasteiger partial charge is 0.465 e. The molecule has 6 nitrogen and oxygen atoms in total. The first-order valence-corrected chi connectivity index (χ1v) is 11.6. The molecule has 0 atom stereocenters. The van der Waals surface area contributed by atoms with Crippen molar-refractivity contribution in [2.45, 2.75) is 59.9 Å². The molecule has 1 saturated heterocycles. The Morgan fingerprint density at radius 2 is 1.87 bits per heavy atom. The minimum absolute atomic E-state index is 0.0762. The summed E-state index contributed by atoms with van der Waals surface area (Å²) in [4.78, 5) is 32.0. The van der Waals surface area contributed by atoms with Crippen molar-refractivity contribution in [2.75, 3.05) is 13.1 Å². The number of likely N-dealkylation sites (tertiary alicyclic amines) is 1. The maximum absolute atomic E-state index is 13.0. The highest BCUT2D eigenvalue weighted by Gasteiger charge is 2.68. The molecule has 2 aliphatic rings. The monoisotopic (exact) mass is 429 g/mol. The van der Waals surface area contributed by atoms with E-state index in [9.17, 15) is 9.59 Å². The molecule has 1 aliphatic heterocycles. The van der Waals surface area contributed by atoms with Crippen LogP contribution in [0.25, 0.3) is 0 Å². The minimum Gasteiger partial charge on any atom is -0.465 e. The highest BCUT2D eigenvalue weighted by molar-refractivity contribution is 7.09. The number of carbonyl (C=O) groups excluding carboxylic acids is 2. The summed E-state index contributed by atoms with van der Waals surface area (Å²) in [6.45, 7) is 12.5. The Hall–Kier alpha value is -2.15. The molecule has 0 aromatic carbocycles. The lowest BCUT2D eigenvalue weighted by Crippen LogP contribution is -2.40. The Labute approximate surface area is 182 Å². The summed E-state index contributed by atoms with van der Waals surface area (Å²) in [6.07, 6.45) is 1.80. The SMILES string of the molecule is Cc1ccc(CNC(=O)c2csc(C3CCN(C(=O)C4C(C)(C)C4(C)C)CC3)n2)o1. The van der Waals surface area contributed by atoms with Gasteiger partial charge in [-0.05, 0) is 42.7 Å². The first kappa shape index (κ1) is 21.1. The van der Waals surface area contributed by atoms with Gasteiger partial charge in [-0.15, -0.1) is 11.3 Å². The number of piperidine rings is 1. The quantitative estimate of drug-likeness (QED) is 0.766. The number of amides is 2. The van der Waals surface area contributed by atoms with E-state index in [1.54, 1.807) is 0 Å². The van der Waals surface area contributed by atoms with Crippen LogP contribution in [0.1, 0.15) is 73.5 Å². The molecule has 1 aliphatic carbocycles. The molecule has 2 amide bonds. The maximum Gasteiger partial charge on any atom is 0.271 e. The van der Waals surface area contributed by atoms with Crippen molar-refractivity contribution in [1.82, 2.24) is 15.2 Å². The molecular formula is C23H31N3O3S. The first-order chi connectivity index (χ1) is 14.1. The third-order valence-corrected chi connectivity index (χ3v) is 8.40. The van der Waals surface area contributed by atoms with E-state index in [0.717, 1.165) is 42.5 Å². The number of furan rings is 1. The summed E-state index contributed by atoms with van der Waals surface area (Å²) in [7, 11) is 0. The average molecular weight is 430 g/mol. The van der Waals surface area contributed by atoms with Crippen LogP contribution >= 0.6 is 11.3 Å². The van der Waals surface area contributed by atoms with Crippen LogP contribution in [-0.2, 0) is 11.3 Å². The fraction of sp³-hybridized carbons (Fsp3) is 0.609. The highest BCUT2D eigenvalue weighted by atomic mass is 32.1. The van der Waals surface area contributed by atoms with Gasteiger partial charge >= 0.3 is 0 Å². The van der Waals surface area contributed by atoms with Gasteiger partial charge in [0.05, 0.1) is 11.6 Å². The van der Waals surface area contributed by atoms with Crippen LogP contribution in [0.3, 0.4) is 0 Å². The van der Waals surface area contributed by atoms with Crippen molar-refractivity contribution in [1.29, 1.82) is 0 Å². The number of nitrogens with zero attached hydrogens (tertiary/aromatic N) is 2. The van der Waals surface area contributed by atoms with E-state index < -0.39 is 0 Å². The van der Waals surface area contributed by atoms with E-state index in [1.807, 2.05) is 29.3 Å². The number of carbonyl (C=O) groups is 2. The molecule has 1 saturated carbocycles. The second-order valence-corrected chi connectivity index (χ2v) is 10.6. The lowest BCUT2D eigenvalue weighted by molar-refractivity contribution is -0.134. The Balaban J connectivity index is 1.30. The number of rotatable bonds is 5. The summed E-state index contributed by atoms with van der Waals surface area (Å²) in [5.41, 5.74) is 0.609. The van der Waals surface area contributed by atoms with Crippen molar-refractivity contribution < 1.29 is 14.0 Å². The van der Waals surface area contributed by atoms with Gasteiger partial charge in [-0.3, -0.25) is 9.59 Å². The van der Waals surface area contributed by atoms with Crippen LogP contribution < -0.4 is 5.32 Å². The summed E-state index contributed by atoms with van der Waals surface area (Å²) >= 11 is 1.54. The number of aryl methyl sites for hydroxylation is 1. The molecule has 162 valence electrons. The third kappa shape index (κ3) is 3.68. The smallest absolute Gasteiger partial charge is 0.271 e. The summed E-state index contributed by atoms with van der Waals surface area (Å²) < 4.78 is 5.48. The van der Waals surface area contributed by atoms with Crippen LogP contribution in [0.5, 0.6) is 0 Å². The van der Waals surface area contributed by atoms with Gasteiger partial charge in [-0.2, -0.15) is 0 Å².